The zero-order valence-corrected chi connectivity index (χ0v) is 39.3. The van der Waals surface area contributed by atoms with Gasteiger partial charge in [0, 0.05) is 36.8 Å². The molecule has 2 spiro atoms. The Balaban J connectivity index is 0.992. The second-order valence-electron chi connectivity index (χ2n) is 18.8. The van der Waals surface area contributed by atoms with Gasteiger partial charge in [-0.05, 0) is 49.7 Å². The third kappa shape index (κ3) is 13.1. The summed E-state index contributed by atoms with van der Waals surface area (Å²) in [6.07, 6.45) is 30.6. The van der Waals surface area contributed by atoms with Crippen LogP contribution >= 0.6 is 0 Å². The summed E-state index contributed by atoms with van der Waals surface area (Å²) < 4.78 is 46.4. The molecule has 0 amide bonds. The number of aromatic nitrogens is 4. The molecule has 0 bridgehead atoms. The summed E-state index contributed by atoms with van der Waals surface area (Å²) in [5.74, 6) is 1.56. The third-order valence-electron chi connectivity index (χ3n) is 13.7. The van der Waals surface area contributed by atoms with E-state index >= 15 is 0 Å². The molecule has 2 aliphatic heterocycles. The van der Waals surface area contributed by atoms with E-state index in [1.807, 2.05) is 0 Å². The van der Waals surface area contributed by atoms with Crippen LogP contribution in [-0.4, -0.2) is 70.1 Å². The summed E-state index contributed by atoms with van der Waals surface area (Å²) in [5, 5.41) is 0. The second kappa shape index (κ2) is 24.1. The van der Waals surface area contributed by atoms with Crippen molar-refractivity contribution in [2.75, 3.05) is 26.4 Å². The Morgan fingerprint density at radius 1 is 0.492 bits per heavy atom. The Hall–Kier alpha value is -4.00. The van der Waals surface area contributed by atoms with Crippen LogP contribution in [0, 0.1) is 0 Å². The van der Waals surface area contributed by atoms with Crippen molar-refractivity contribution in [2.24, 2.45) is 0 Å². The molecular weight excluding hydrogens is 817 g/mol. The molecule has 0 unspecified atom stereocenters. The first-order valence-electron chi connectivity index (χ1n) is 25.4. The molecule has 2 saturated heterocycles. The second-order valence-corrected chi connectivity index (χ2v) is 18.8. The molecule has 11 heteroatoms. The molecule has 0 N–H and O–H groups in total. The van der Waals surface area contributed by atoms with Gasteiger partial charge in [-0.2, -0.15) is 0 Å². The van der Waals surface area contributed by atoms with Gasteiger partial charge < -0.3 is 33.2 Å². The van der Waals surface area contributed by atoms with Crippen LogP contribution in [0.25, 0.3) is 22.8 Å². The molecule has 4 heterocycles. The van der Waals surface area contributed by atoms with Gasteiger partial charge in [-0.15, -0.1) is 0 Å². The maximum absolute atomic E-state index is 7.42. The number of benzene rings is 2. The standard InChI is InChI=1S/C54H74N4O7/c1-3-5-7-9-11-19-33-59-45-35-55-51(56-36-45)43-25-21-41(22-26-43)49(47-39-61-53(64-47)29-15-13-16-30-53)63-50(48-40-62-54(65-48)31-17-14-18-32-54)42-23-27-44(28-24-42)52-57-37-46(38-58-52)60-34-20-12-10-8-6-4-2/h21-28,35-38,47-50H,3-20,29-34,39-40H2,1-2H3/t47-,48-,49-,50-/m1/s1. The quantitative estimate of drug-likeness (QED) is 0.0626. The smallest absolute Gasteiger partial charge is 0.169 e. The van der Waals surface area contributed by atoms with Gasteiger partial charge in [-0.1, -0.05) is 139 Å². The first kappa shape index (κ1) is 47.5. The van der Waals surface area contributed by atoms with E-state index in [2.05, 4.69) is 82.3 Å². The lowest BCUT2D eigenvalue weighted by Gasteiger charge is -2.35. The lowest BCUT2D eigenvalue weighted by molar-refractivity contribution is -0.218. The summed E-state index contributed by atoms with van der Waals surface area (Å²) >= 11 is 0. The van der Waals surface area contributed by atoms with Crippen LogP contribution in [0.4, 0.5) is 0 Å². The van der Waals surface area contributed by atoms with Crippen LogP contribution < -0.4 is 9.47 Å². The highest BCUT2D eigenvalue weighted by Crippen LogP contribution is 2.47. The first-order valence-corrected chi connectivity index (χ1v) is 25.4. The van der Waals surface area contributed by atoms with Crippen LogP contribution in [0.15, 0.2) is 73.3 Å². The number of hydrogen-bond donors (Lipinski definition) is 0. The van der Waals surface area contributed by atoms with Crippen LogP contribution in [0.5, 0.6) is 11.5 Å². The number of unbranched alkanes of at least 4 members (excludes halogenated alkanes) is 10. The van der Waals surface area contributed by atoms with E-state index in [1.54, 1.807) is 24.8 Å². The van der Waals surface area contributed by atoms with Crippen molar-refractivity contribution < 1.29 is 33.2 Å². The van der Waals surface area contributed by atoms with Crippen molar-refractivity contribution in [3.05, 3.63) is 84.4 Å². The van der Waals surface area contributed by atoms with Crippen LogP contribution in [0.1, 0.15) is 178 Å². The van der Waals surface area contributed by atoms with E-state index in [0.29, 0.717) is 49.6 Å². The Morgan fingerprint density at radius 2 is 0.862 bits per heavy atom. The topological polar surface area (TPSA) is 116 Å². The van der Waals surface area contributed by atoms with Crippen molar-refractivity contribution in [1.29, 1.82) is 0 Å². The molecule has 2 aromatic heterocycles. The SMILES string of the molecule is CCCCCCCCOc1cnc(-c2ccc([C@@H](O[C@H](c3ccc(-c4ncc(OCCCCCCCC)cn4)cc3)[C@H]3COC4(CCCCC4)O3)[C@H]3COC4(CCCCC4)O3)cc2)nc1. The molecule has 8 rings (SSSR count). The zero-order valence-electron chi connectivity index (χ0n) is 39.3. The fourth-order valence-corrected chi connectivity index (χ4v) is 9.95. The lowest BCUT2D eigenvalue weighted by Crippen LogP contribution is -2.37. The average Bonchev–Trinajstić information content (AvgIpc) is 3.95. The monoisotopic (exact) mass is 891 g/mol. The maximum Gasteiger partial charge on any atom is 0.169 e. The zero-order chi connectivity index (χ0) is 44.6. The molecular formula is C54H74N4O7. The Labute approximate surface area is 388 Å². The summed E-state index contributed by atoms with van der Waals surface area (Å²) in [7, 11) is 0. The third-order valence-corrected chi connectivity index (χ3v) is 13.7. The minimum Gasteiger partial charge on any atom is -0.490 e. The van der Waals surface area contributed by atoms with Crippen LogP contribution in [0.2, 0.25) is 0 Å². The minimum atomic E-state index is -0.567. The highest BCUT2D eigenvalue weighted by molar-refractivity contribution is 5.56. The van der Waals surface area contributed by atoms with E-state index in [-0.39, 0.29) is 12.2 Å². The fourth-order valence-electron chi connectivity index (χ4n) is 9.95. The van der Waals surface area contributed by atoms with Gasteiger partial charge >= 0.3 is 0 Å². The summed E-state index contributed by atoms with van der Waals surface area (Å²) in [6, 6.07) is 16.8. The highest BCUT2D eigenvalue weighted by atomic mass is 16.8. The number of nitrogens with zero attached hydrogens (tertiary/aromatic N) is 4. The maximum atomic E-state index is 7.42. The van der Waals surface area contributed by atoms with E-state index in [9.17, 15) is 0 Å². The Morgan fingerprint density at radius 3 is 1.25 bits per heavy atom. The molecule has 4 fully saturated rings. The highest BCUT2D eigenvalue weighted by Gasteiger charge is 2.49. The first-order chi connectivity index (χ1) is 32.0. The molecule has 4 aromatic rings. The molecule has 0 radical (unpaired) electrons. The Kier molecular flexibility index (Phi) is 17.6. The molecule has 11 nitrogen and oxygen atoms in total. The number of hydrogen-bond acceptors (Lipinski definition) is 11. The predicted molar refractivity (Wildman–Crippen MR) is 253 cm³/mol. The fraction of sp³-hybridized carbons (Fsp3) is 0.630. The molecule has 2 saturated carbocycles. The molecule has 65 heavy (non-hydrogen) atoms. The van der Waals surface area contributed by atoms with Crippen molar-refractivity contribution in [1.82, 2.24) is 19.9 Å². The molecule has 4 atom stereocenters. The predicted octanol–water partition coefficient (Wildman–Crippen LogP) is 13.0. The molecule has 4 aliphatic rings. The van der Waals surface area contributed by atoms with Gasteiger partial charge in [0.2, 0.25) is 0 Å². The van der Waals surface area contributed by atoms with Gasteiger partial charge in [0.05, 0.1) is 51.2 Å². The van der Waals surface area contributed by atoms with E-state index < -0.39 is 23.8 Å². The molecule has 2 aliphatic carbocycles. The van der Waals surface area contributed by atoms with Gasteiger partial charge in [0.25, 0.3) is 0 Å². The van der Waals surface area contributed by atoms with Crippen molar-refractivity contribution in [3.63, 3.8) is 0 Å². The van der Waals surface area contributed by atoms with Crippen molar-refractivity contribution in [3.8, 4) is 34.3 Å². The van der Waals surface area contributed by atoms with E-state index in [4.69, 9.17) is 33.2 Å². The van der Waals surface area contributed by atoms with Gasteiger partial charge in [-0.25, -0.2) is 19.9 Å². The number of ether oxygens (including phenoxy) is 7. The number of rotatable bonds is 24. The normalized spacial score (nSPS) is 21.1. The van der Waals surface area contributed by atoms with Gasteiger partial charge in [0.1, 0.15) is 24.4 Å². The van der Waals surface area contributed by atoms with Crippen molar-refractivity contribution >= 4 is 0 Å². The molecule has 352 valence electrons. The minimum absolute atomic E-state index is 0.318. The lowest BCUT2D eigenvalue weighted by atomic mass is 9.94. The van der Waals surface area contributed by atoms with Crippen LogP contribution in [0.3, 0.4) is 0 Å². The van der Waals surface area contributed by atoms with Gasteiger partial charge in [0.15, 0.2) is 34.7 Å². The summed E-state index contributed by atoms with van der Waals surface area (Å²) in [4.78, 5) is 18.7. The van der Waals surface area contributed by atoms with E-state index in [0.717, 1.165) is 86.5 Å². The largest absolute Gasteiger partial charge is 0.490 e. The average molecular weight is 891 g/mol. The summed E-state index contributed by atoms with van der Waals surface area (Å²) in [6.45, 7) is 6.75. The van der Waals surface area contributed by atoms with E-state index in [1.165, 1.54) is 77.0 Å². The van der Waals surface area contributed by atoms with Gasteiger partial charge in [-0.3, -0.25) is 0 Å². The summed E-state index contributed by atoms with van der Waals surface area (Å²) in [5.41, 5.74) is 3.82. The van der Waals surface area contributed by atoms with Crippen molar-refractivity contribution in [2.45, 2.75) is 191 Å². The Bertz CT molecular complexity index is 1830. The molecule has 2 aromatic carbocycles. The van der Waals surface area contributed by atoms with Crippen LogP contribution in [-0.2, 0) is 23.7 Å².